The first-order valence-corrected chi connectivity index (χ1v) is 6.61. The van der Waals surface area contributed by atoms with Crippen molar-refractivity contribution in [1.82, 2.24) is 10.2 Å². The van der Waals surface area contributed by atoms with Crippen LogP contribution in [0.25, 0.3) is 10.6 Å². The molecule has 0 atom stereocenters. The quantitative estimate of drug-likeness (QED) is 0.701. The zero-order valence-electron chi connectivity index (χ0n) is 7.29. The Hall–Kier alpha value is -0.0100. The van der Waals surface area contributed by atoms with Gasteiger partial charge >= 0.3 is 0 Å². The Labute approximate surface area is 108 Å². The number of nitrogens with zero attached hydrogens (tertiary/aromatic N) is 2. The first-order chi connectivity index (χ1) is 6.66. The minimum atomic E-state index is 0.967. The topological polar surface area (TPSA) is 25.8 Å². The Morgan fingerprint density at radius 3 is 2.71 bits per heavy atom. The molecule has 72 valence electrons. The molecule has 0 N–H and O–H groups in total. The molecule has 0 unspecified atom stereocenters. The van der Waals surface area contributed by atoms with Crippen LogP contribution >= 0.6 is 49.9 Å². The van der Waals surface area contributed by atoms with E-state index in [1.54, 1.807) is 11.3 Å². The number of aromatic nitrogens is 2. The highest BCUT2D eigenvalue weighted by atomic mass is 127. The van der Waals surface area contributed by atoms with Gasteiger partial charge in [-0.1, -0.05) is 39.4 Å². The summed E-state index contributed by atoms with van der Waals surface area (Å²) in [5, 5.41) is 9.05. The van der Waals surface area contributed by atoms with Gasteiger partial charge in [0.05, 0.1) is 0 Å². The Balaban J connectivity index is 2.47. The average Bonchev–Trinajstić information content (AvgIpc) is 2.57. The van der Waals surface area contributed by atoms with Gasteiger partial charge in [0, 0.05) is 10.0 Å². The maximum absolute atomic E-state index is 4.10. The van der Waals surface area contributed by atoms with Crippen molar-refractivity contribution in [3.63, 3.8) is 0 Å². The first-order valence-electron chi connectivity index (χ1n) is 3.92. The van der Waals surface area contributed by atoms with Crippen LogP contribution in [0.2, 0.25) is 0 Å². The van der Waals surface area contributed by atoms with Crippen molar-refractivity contribution in [2.45, 2.75) is 6.92 Å². The third kappa shape index (κ3) is 2.14. The number of halogens is 2. The van der Waals surface area contributed by atoms with Gasteiger partial charge in [-0.25, -0.2) is 0 Å². The Bertz CT molecular complexity index is 470. The lowest BCUT2D eigenvalue weighted by Gasteiger charge is -1.99. The maximum Gasteiger partial charge on any atom is 0.178 e. The largest absolute Gasteiger partial charge is 0.178 e. The second-order valence-electron chi connectivity index (χ2n) is 2.82. The summed E-state index contributed by atoms with van der Waals surface area (Å²) >= 11 is 7.28. The highest BCUT2D eigenvalue weighted by molar-refractivity contribution is 14.1. The van der Waals surface area contributed by atoms with Gasteiger partial charge < -0.3 is 0 Å². The molecule has 0 radical (unpaired) electrons. The van der Waals surface area contributed by atoms with E-state index in [9.17, 15) is 0 Å². The third-order valence-electron chi connectivity index (χ3n) is 1.82. The molecule has 0 aliphatic carbocycles. The van der Waals surface area contributed by atoms with Crippen LogP contribution in [-0.4, -0.2) is 10.2 Å². The number of aryl methyl sites for hydroxylation is 1. The Morgan fingerprint density at radius 1 is 1.36 bits per heavy atom. The van der Waals surface area contributed by atoms with Crippen LogP contribution in [0, 0.1) is 9.94 Å². The Kier molecular flexibility index (Phi) is 3.18. The van der Waals surface area contributed by atoms with Crippen molar-refractivity contribution in [1.29, 1.82) is 0 Å². The molecule has 2 aromatic rings. The van der Waals surface area contributed by atoms with Gasteiger partial charge in [-0.2, -0.15) is 0 Å². The Morgan fingerprint density at radius 2 is 2.14 bits per heavy atom. The standard InChI is InChI=1S/C9H6BrIN2S/c1-5-2-3-6(4-7(5)10)8-12-13-9(11)14-8/h2-4H,1H3. The van der Waals surface area contributed by atoms with E-state index in [4.69, 9.17) is 0 Å². The monoisotopic (exact) mass is 380 g/mol. The molecule has 0 aliphatic rings. The lowest BCUT2D eigenvalue weighted by Crippen LogP contribution is -1.79. The van der Waals surface area contributed by atoms with Gasteiger partial charge in [0.25, 0.3) is 0 Å². The molecule has 5 heteroatoms. The zero-order valence-corrected chi connectivity index (χ0v) is 11.9. The molecule has 0 aliphatic heterocycles. The van der Waals surface area contributed by atoms with Crippen LogP contribution in [0.1, 0.15) is 5.56 Å². The van der Waals surface area contributed by atoms with Crippen molar-refractivity contribution in [2.75, 3.05) is 0 Å². The minimum absolute atomic E-state index is 0.967. The molecule has 1 aromatic carbocycles. The van der Waals surface area contributed by atoms with Gasteiger partial charge in [-0.3, -0.25) is 0 Å². The molecule has 0 saturated carbocycles. The summed E-state index contributed by atoms with van der Waals surface area (Å²) in [5.41, 5.74) is 2.34. The number of hydrogen-bond acceptors (Lipinski definition) is 3. The fourth-order valence-electron chi connectivity index (χ4n) is 1.05. The average molecular weight is 381 g/mol. The SMILES string of the molecule is Cc1ccc(-c2nnc(I)s2)cc1Br. The van der Waals surface area contributed by atoms with E-state index < -0.39 is 0 Å². The van der Waals surface area contributed by atoms with Crippen LogP contribution in [0.15, 0.2) is 22.7 Å². The minimum Gasteiger partial charge on any atom is -0.137 e. The smallest absolute Gasteiger partial charge is 0.137 e. The fraction of sp³-hybridized carbons (Fsp3) is 0.111. The summed E-state index contributed by atoms with van der Waals surface area (Å²) in [6, 6.07) is 6.22. The predicted octanol–water partition coefficient (Wildman–Crippen LogP) is 3.88. The van der Waals surface area contributed by atoms with Gasteiger partial charge in [0.15, 0.2) is 3.01 Å². The molecular formula is C9H6BrIN2S. The van der Waals surface area contributed by atoms with E-state index in [1.807, 2.05) is 0 Å². The molecule has 0 fully saturated rings. The fourth-order valence-corrected chi connectivity index (χ4v) is 2.73. The van der Waals surface area contributed by atoms with Crippen LogP contribution in [0.4, 0.5) is 0 Å². The summed E-state index contributed by atoms with van der Waals surface area (Å²) in [5.74, 6) is 0. The second kappa shape index (κ2) is 4.24. The zero-order chi connectivity index (χ0) is 10.1. The highest BCUT2D eigenvalue weighted by Crippen LogP contribution is 2.28. The number of rotatable bonds is 1. The number of benzene rings is 1. The molecule has 0 spiro atoms. The first kappa shape index (κ1) is 10.5. The molecule has 1 heterocycles. The molecule has 0 amide bonds. The molecule has 14 heavy (non-hydrogen) atoms. The van der Waals surface area contributed by atoms with E-state index >= 15 is 0 Å². The summed E-state index contributed by atoms with van der Waals surface area (Å²) in [6.07, 6.45) is 0. The third-order valence-corrected chi connectivity index (χ3v) is 4.31. The van der Waals surface area contributed by atoms with Crippen molar-refractivity contribution in [3.8, 4) is 10.6 Å². The van der Waals surface area contributed by atoms with Gasteiger partial charge in [0.2, 0.25) is 0 Å². The van der Waals surface area contributed by atoms with Crippen LogP contribution in [-0.2, 0) is 0 Å². The summed E-state index contributed by atoms with van der Waals surface area (Å²) in [6.45, 7) is 2.07. The molecule has 0 bridgehead atoms. The summed E-state index contributed by atoms with van der Waals surface area (Å²) in [7, 11) is 0. The lowest BCUT2D eigenvalue weighted by atomic mass is 10.2. The maximum atomic E-state index is 4.10. The van der Waals surface area contributed by atoms with E-state index in [1.165, 1.54) is 5.56 Å². The predicted molar refractivity (Wildman–Crippen MR) is 70.5 cm³/mol. The van der Waals surface area contributed by atoms with Crippen molar-refractivity contribution in [3.05, 3.63) is 31.2 Å². The van der Waals surface area contributed by atoms with E-state index in [0.717, 1.165) is 18.1 Å². The van der Waals surface area contributed by atoms with Crippen LogP contribution in [0.3, 0.4) is 0 Å². The molecule has 2 rings (SSSR count). The normalized spacial score (nSPS) is 10.5. The number of hydrogen-bond donors (Lipinski definition) is 0. The van der Waals surface area contributed by atoms with Gasteiger partial charge in [0.1, 0.15) is 5.01 Å². The summed E-state index contributed by atoms with van der Waals surface area (Å²) in [4.78, 5) is 0. The van der Waals surface area contributed by atoms with Gasteiger partial charge in [-0.15, -0.1) is 10.2 Å². The molecule has 1 aromatic heterocycles. The van der Waals surface area contributed by atoms with Crippen molar-refractivity contribution < 1.29 is 0 Å². The molecule has 0 saturated heterocycles. The lowest BCUT2D eigenvalue weighted by molar-refractivity contribution is 1.07. The van der Waals surface area contributed by atoms with Gasteiger partial charge in [-0.05, 0) is 41.1 Å². The van der Waals surface area contributed by atoms with Crippen LogP contribution in [0.5, 0.6) is 0 Å². The second-order valence-corrected chi connectivity index (χ2v) is 6.41. The highest BCUT2D eigenvalue weighted by Gasteiger charge is 2.05. The van der Waals surface area contributed by atoms with Crippen molar-refractivity contribution >= 4 is 49.9 Å². The van der Waals surface area contributed by atoms with Crippen molar-refractivity contribution in [2.24, 2.45) is 0 Å². The van der Waals surface area contributed by atoms with E-state index in [0.29, 0.717) is 0 Å². The summed E-state index contributed by atoms with van der Waals surface area (Å²) < 4.78 is 2.08. The van der Waals surface area contributed by atoms with Crippen LogP contribution < -0.4 is 0 Å². The molecule has 2 nitrogen and oxygen atoms in total. The van der Waals surface area contributed by atoms with E-state index in [2.05, 4.69) is 73.8 Å². The molecular weight excluding hydrogens is 375 g/mol. The van der Waals surface area contributed by atoms with E-state index in [-0.39, 0.29) is 0 Å².